The Labute approximate surface area is 105 Å². The van der Waals surface area contributed by atoms with Gasteiger partial charge in [0.25, 0.3) is 0 Å². The van der Waals surface area contributed by atoms with E-state index in [9.17, 15) is 13.2 Å². The van der Waals surface area contributed by atoms with E-state index in [-0.39, 0.29) is 16.4 Å². The van der Waals surface area contributed by atoms with Crippen molar-refractivity contribution in [3.63, 3.8) is 0 Å². The quantitative estimate of drug-likeness (QED) is 0.841. The monoisotopic (exact) mass is 276 g/mol. The lowest BCUT2D eigenvalue weighted by molar-refractivity contribution is 0.0992. The second kappa shape index (κ2) is 4.66. The maximum atomic E-state index is 11.7. The molecule has 1 rings (SSSR count). The first kappa shape index (κ1) is 14.0. The highest BCUT2D eigenvalue weighted by atomic mass is 32.2. The number of anilines is 2. The van der Waals surface area contributed by atoms with Gasteiger partial charge in [-0.25, -0.2) is 8.42 Å². The molecule has 0 aliphatic carbocycles. The highest BCUT2D eigenvalue weighted by molar-refractivity contribution is 7.91. The Balaban J connectivity index is 3.58. The molecule has 0 amide bonds. The number of carbonyl (C=O) groups is 1. The van der Waals surface area contributed by atoms with Crippen LogP contribution in [0.15, 0.2) is 4.90 Å². The van der Waals surface area contributed by atoms with Gasteiger partial charge in [0.05, 0.1) is 10.6 Å². The number of hydrogen-bond donors (Lipinski definition) is 1. The van der Waals surface area contributed by atoms with E-state index in [1.54, 1.807) is 25.9 Å². The van der Waals surface area contributed by atoms with Crippen molar-refractivity contribution < 1.29 is 13.2 Å². The predicted molar refractivity (Wildman–Crippen MR) is 70.8 cm³/mol. The molecule has 1 aromatic rings. The van der Waals surface area contributed by atoms with Gasteiger partial charge < -0.3 is 10.6 Å². The molecule has 0 fully saturated rings. The molecule has 0 unspecified atom stereocenters. The van der Waals surface area contributed by atoms with E-state index in [1.807, 2.05) is 0 Å². The van der Waals surface area contributed by atoms with Crippen molar-refractivity contribution in [2.75, 3.05) is 31.0 Å². The first-order valence-electron chi connectivity index (χ1n) is 5.03. The number of nitrogen functional groups attached to an aromatic ring is 1. The van der Waals surface area contributed by atoms with Crippen LogP contribution in [-0.2, 0) is 9.84 Å². The Morgan fingerprint density at radius 1 is 1.41 bits per heavy atom. The highest BCUT2D eigenvalue weighted by Gasteiger charge is 2.27. The summed E-state index contributed by atoms with van der Waals surface area (Å²) in [4.78, 5) is 13.7. The summed E-state index contributed by atoms with van der Waals surface area (Å²) in [6, 6.07) is 0. The molecule has 0 aliphatic heterocycles. The summed E-state index contributed by atoms with van der Waals surface area (Å²) in [6.07, 6.45) is 1.40. The number of hydrogen-bond acceptors (Lipinski definition) is 6. The minimum Gasteiger partial charge on any atom is -0.396 e. The van der Waals surface area contributed by atoms with Crippen molar-refractivity contribution in [2.45, 2.75) is 18.2 Å². The second-order valence-corrected chi connectivity index (χ2v) is 6.87. The van der Waals surface area contributed by atoms with Crippen LogP contribution in [0.25, 0.3) is 0 Å². The Morgan fingerprint density at radius 3 is 2.24 bits per heavy atom. The van der Waals surface area contributed by atoms with Crippen LogP contribution in [0.5, 0.6) is 0 Å². The summed E-state index contributed by atoms with van der Waals surface area (Å²) in [5.74, 6) is -0.134. The molecule has 0 saturated carbocycles. The van der Waals surface area contributed by atoms with Crippen molar-refractivity contribution in [2.24, 2.45) is 0 Å². The van der Waals surface area contributed by atoms with E-state index in [4.69, 9.17) is 5.73 Å². The van der Waals surface area contributed by atoms with Gasteiger partial charge in [0.1, 0.15) is 9.90 Å². The molecule has 17 heavy (non-hydrogen) atoms. The number of nitrogens with zero attached hydrogens (tertiary/aromatic N) is 1. The van der Waals surface area contributed by atoms with Gasteiger partial charge in [-0.05, 0) is 0 Å². The lowest BCUT2D eigenvalue weighted by Crippen LogP contribution is -2.12. The number of Topliss-reactive ketones (excluding diaryl/α,β-unsaturated/α-hetero) is 1. The molecular weight excluding hydrogens is 260 g/mol. The molecule has 96 valence electrons. The summed E-state index contributed by atoms with van der Waals surface area (Å²) in [5.41, 5.74) is 5.87. The Bertz CT molecular complexity index is 544. The van der Waals surface area contributed by atoms with Crippen LogP contribution in [0.4, 0.5) is 10.7 Å². The molecule has 0 aliphatic rings. The number of rotatable bonds is 4. The lowest BCUT2D eigenvalue weighted by Gasteiger charge is -2.11. The molecule has 5 nitrogen and oxygen atoms in total. The average molecular weight is 276 g/mol. The topological polar surface area (TPSA) is 80.5 Å². The molecule has 0 atom stereocenters. The zero-order valence-electron chi connectivity index (χ0n) is 10.3. The third kappa shape index (κ3) is 2.61. The van der Waals surface area contributed by atoms with Crippen LogP contribution in [0.2, 0.25) is 0 Å². The number of thiophene rings is 1. The van der Waals surface area contributed by atoms with E-state index >= 15 is 0 Å². The number of nitrogens with two attached hydrogens (primary N) is 1. The first-order valence-corrected chi connectivity index (χ1v) is 7.73. The van der Waals surface area contributed by atoms with Gasteiger partial charge >= 0.3 is 0 Å². The van der Waals surface area contributed by atoms with E-state index in [1.165, 1.54) is 0 Å². The molecule has 7 heteroatoms. The molecule has 0 bridgehead atoms. The van der Waals surface area contributed by atoms with Gasteiger partial charge in [0.2, 0.25) is 0 Å². The lowest BCUT2D eigenvalue weighted by atomic mass is 10.2. The van der Waals surface area contributed by atoms with Crippen molar-refractivity contribution in [1.82, 2.24) is 0 Å². The summed E-state index contributed by atoms with van der Waals surface area (Å²) in [7, 11) is 0.00621. The fraction of sp³-hybridized carbons (Fsp3) is 0.500. The molecule has 0 saturated heterocycles. The van der Waals surface area contributed by atoms with Crippen LogP contribution in [0.1, 0.15) is 23.0 Å². The van der Waals surface area contributed by atoms with E-state index in [0.29, 0.717) is 16.3 Å². The molecule has 0 radical (unpaired) electrons. The van der Waals surface area contributed by atoms with Crippen LogP contribution in [0.3, 0.4) is 0 Å². The first-order chi connectivity index (χ1) is 7.70. The molecule has 1 heterocycles. The highest BCUT2D eigenvalue weighted by Crippen LogP contribution is 2.41. The minimum atomic E-state index is -3.44. The third-order valence-corrected chi connectivity index (χ3v) is 4.93. The fourth-order valence-corrected chi connectivity index (χ4v) is 4.13. The fourth-order valence-electron chi connectivity index (χ4n) is 1.44. The van der Waals surface area contributed by atoms with Crippen molar-refractivity contribution in [3.8, 4) is 0 Å². The largest absolute Gasteiger partial charge is 0.396 e. The molecule has 1 aromatic heterocycles. The number of ketones is 1. The summed E-state index contributed by atoms with van der Waals surface area (Å²) < 4.78 is 23.4. The van der Waals surface area contributed by atoms with E-state index < -0.39 is 9.84 Å². The Hall–Kier alpha value is -1.08. The maximum absolute atomic E-state index is 11.7. The van der Waals surface area contributed by atoms with Crippen molar-refractivity contribution in [1.29, 1.82) is 0 Å². The predicted octanol–water partition coefficient (Wildman–Crippen LogP) is 1.39. The van der Waals surface area contributed by atoms with Crippen LogP contribution in [-0.4, -0.2) is 34.6 Å². The number of carbonyl (C=O) groups excluding carboxylic acids is 1. The van der Waals surface area contributed by atoms with Gasteiger partial charge in [-0.1, -0.05) is 6.92 Å². The molecule has 0 aromatic carbocycles. The summed E-state index contributed by atoms with van der Waals surface area (Å²) in [5, 5.41) is 0.502. The van der Waals surface area contributed by atoms with Crippen molar-refractivity contribution in [3.05, 3.63) is 4.88 Å². The van der Waals surface area contributed by atoms with Gasteiger partial charge in [0.15, 0.2) is 15.6 Å². The van der Waals surface area contributed by atoms with Gasteiger partial charge in [-0.2, -0.15) is 0 Å². The maximum Gasteiger partial charge on any atom is 0.180 e. The second-order valence-electron chi connectivity index (χ2n) is 3.92. The minimum absolute atomic E-state index is 0.0595. The molecule has 0 spiro atoms. The standard InChI is InChI=1S/C10H16N2O3S2/c1-5-6(13)8-7(11)9(17(4,14)15)10(16-8)12(2)3/h5,11H2,1-4H3. The van der Waals surface area contributed by atoms with E-state index in [0.717, 1.165) is 17.6 Å². The summed E-state index contributed by atoms with van der Waals surface area (Å²) in [6.45, 7) is 1.72. The SMILES string of the molecule is CCC(=O)c1sc(N(C)C)c(S(C)(=O)=O)c1N. The van der Waals surface area contributed by atoms with Crippen LogP contribution >= 0.6 is 11.3 Å². The third-order valence-electron chi connectivity index (χ3n) is 2.23. The smallest absolute Gasteiger partial charge is 0.180 e. The van der Waals surface area contributed by atoms with Gasteiger partial charge in [0, 0.05) is 26.8 Å². The van der Waals surface area contributed by atoms with Crippen molar-refractivity contribution >= 4 is 37.6 Å². The Morgan fingerprint density at radius 2 is 1.94 bits per heavy atom. The normalized spacial score (nSPS) is 11.5. The molecule has 2 N–H and O–H groups in total. The van der Waals surface area contributed by atoms with Gasteiger partial charge in [-0.3, -0.25) is 4.79 Å². The van der Waals surface area contributed by atoms with Gasteiger partial charge in [-0.15, -0.1) is 11.3 Å². The number of sulfone groups is 1. The van der Waals surface area contributed by atoms with Crippen LogP contribution in [0, 0.1) is 0 Å². The average Bonchev–Trinajstić information content (AvgIpc) is 2.54. The molecular formula is C10H16N2O3S2. The van der Waals surface area contributed by atoms with Crippen LogP contribution < -0.4 is 10.6 Å². The zero-order chi connectivity index (χ0) is 13.4. The Kier molecular flexibility index (Phi) is 3.83. The zero-order valence-corrected chi connectivity index (χ0v) is 11.9. The summed E-state index contributed by atoms with van der Waals surface area (Å²) >= 11 is 1.13. The van der Waals surface area contributed by atoms with E-state index in [2.05, 4.69) is 0 Å².